The molecule has 1 rings (SSSR count). The molecule has 0 aromatic heterocycles. The zero-order valence-corrected chi connectivity index (χ0v) is 11.7. The predicted octanol–water partition coefficient (Wildman–Crippen LogP) is 2.60. The maximum Gasteiger partial charge on any atom is 0.235 e. The zero-order valence-electron chi connectivity index (χ0n) is 8.56. The number of carbonyl (C=O) groups is 1. The quantitative estimate of drug-likeness (QED) is 0.623. The smallest absolute Gasteiger partial charge is 0.235 e. The van der Waals surface area contributed by atoms with Crippen LogP contribution in [0.25, 0.3) is 0 Å². The summed E-state index contributed by atoms with van der Waals surface area (Å²) >= 11 is 6.56. The van der Waals surface area contributed by atoms with Crippen molar-refractivity contribution in [2.45, 2.75) is 42.5 Å². The van der Waals surface area contributed by atoms with E-state index < -0.39 is 5.54 Å². The number of hydrogen-bond donors (Lipinski definition) is 1. The van der Waals surface area contributed by atoms with E-state index in [9.17, 15) is 4.79 Å². The lowest BCUT2D eigenvalue weighted by molar-refractivity contribution is -0.121. The second-order valence-corrected chi connectivity index (χ2v) is 5.65. The summed E-state index contributed by atoms with van der Waals surface area (Å²) in [5.74, 6) is 2.74. The van der Waals surface area contributed by atoms with Crippen molar-refractivity contribution in [3.05, 3.63) is 0 Å². The molecule has 1 N–H and O–H groups in total. The molecule has 4 heteroatoms. The van der Waals surface area contributed by atoms with E-state index in [1.54, 1.807) is 0 Å². The Morgan fingerprint density at radius 1 is 1.47 bits per heavy atom. The van der Waals surface area contributed by atoms with Gasteiger partial charge in [-0.1, -0.05) is 57.0 Å². The Morgan fingerprint density at radius 3 is 2.53 bits per heavy atom. The van der Waals surface area contributed by atoms with Crippen molar-refractivity contribution < 1.29 is 4.79 Å². The number of carbonyl (C=O) groups excluding carboxylic acids is 1. The maximum absolute atomic E-state index is 11.7. The van der Waals surface area contributed by atoms with E-state index in [1.807, 2.05) is 0 Å². The fraction of sp³-hybridized carbons (Fsp3) is 0.727. The third-order valence-electron chi connectivity index (χ3n) is 2.77. The number of terminal acetylenes is 1. The highest BCUT2D eigenvalue weighted by molar-refractivity contribution is 9.12. The third-order valence-corrected chi connectivity index (χ3v) is 5.02. The summed E-state index contributed by atoms with van der Waals surface area (Å²) in [6, 6.07) is 0. The van der Waals surface area contributed by atoms with Crippen LogP contribution in [0.5, 0.6) is 0 Å². The summed E-state index contributed by atoms with van der Waals surface area (Å²) in [6.07, 6.45) is 10.8. The van der Waals surface area contributed by atoms with Gasteiger partial charge in [-0.3, -0.25) is 4.79 Å². The largest absolute Gasteiger partial charge is 0.339 e. The molecule has 0 radical (unpaired) electrons. The number of hydrogen-bond acceptors (Lipinski definition) is 1. The van der Waals surface area contributed by atoms with Crippen molar-refractivity contribution in [3.63, 3.8) is 0 Å². The van der Waals surface area contributed by atoms with Gasteiger partial charge < -0.3 is 5.32 Å². The van der Waals surface area contributed by atoms with Gasteiger partial charge in [-0.15, -0.1) is 6.42 Å². The summed E-state index contributed by atoms with van der Waals surface area (Å²) in [5, 5.41) is 3.58. The average Bonchev–Trinajstić information content (AvgIpc) is 2.29. The van der Waals surface area contributed by atoms with Crippen LogP contribution in [0, 0.1) is 12.3 Å². The molecule has 1 atom stereocenters. The van der Waals surface area contributed by atoms with Crippen LogP contribution in [-0.4, -0.2) is 21.6 Å². The number of halogens is 2. The third kappa shape index (κ3) is 3.49. The van der Waals surface area contributed by atoms with E-state index in [2.05, 4.69) is 43.1 Å². The van der Waals surface area contributed by atoms with Gasteiger partial charge in [-0.25, -0.2) is 0 Å². The lowest BCUT2D eigenvalue weighted by Crippen LogP contribution is -2.51. The first-order chi connectivity index (χ1) is 7.13. The summed E-state index contributed by atoms with van der Waals surface area (Å²) in [4.78, 5) is 11.5. The normalized spacial score (nSPS) is 21.4. The van der Waals surface area contributed by atoms with E-state index in [4.69, 9.17) is 6.42 Å². The summed E-state index contributed by atoms with van der Waals surface area (Å²) in [7, 11) is 0. The van der Waals surface area contributed by atoms with Crippen molar-refractivity contribution in [1.29, 1.82) is 0 Å². The van der Waals surface area contributed by atoms with Gasteiger partial charge in [0.2, 0.25) is 5.91 Å². The minimum atomic E-state index is -0.399. The average molecular weight is 337 g/mol. The Morgan fingerprint density at radius 2 is 2.07 bits per heavy atom. The Labute approximate surface area is 108 Å². The molecule has 0 bridgehead atoms. The van der Waals surface area contributed by atoms with Gasteiger partial charge in [0.15, 0.2) is 0 Å². The van der Waals surface area contributed by atoms with Crippen molar-refractivity contribution in [1.82, 2.24) is 5.32 Å². The Hall–Kier alpha value is -0.0100. The Balaban J connectivity index is 2.60. The zero-order chi connectivity index (χ0) is 11.3. The molecule has 0 aromatic rings. The Bertz CT molecular complexity index is 266. The van der Waals surface area contributed by atoms with Gasteiger partial charge in [0.1, 0.15) is 10.4 Å². The summed E-state index contributed by atoms with van der Waals surface area (Å²) < 4.78 is 0. The molecule has 0 saturated heterocycles. The van der Waals surface area contributed by atoms with E-state index in [0.29, 0.717) is 5.33 Å². The molecule has 1 amide bonds. The van der Waals surface area contributed by atoms with Crippen molar-refractivity contribution in [2.75, 3.05) is 5.33 Å². The molecule has 0 aliphatic heterocycles. The van der Waals surface area contributed by atoms with Crippen molar-refractivity contribution in [2.24, 2.45) is 0 Å². The summed E-state index contributed by atoms with van der Waals surface area (Å²) in [6.45, 7) is 0. The number of nitrogens with one attached hydrogen (secondary N) is 1. The number of rotatable bonds is 3. The van der Waals surface area contributed by atoms with Crippen LogP contribution in [0.4, 0.5) is 0 Å². The van der Waals surface area contributed by atoms with Crippen molar-refractivity contribution in [3.8, 4) is 12.3 Å². The predicted molar refractivity (Wildman–Crippen MR) is 69.3 cm³/mol. The molecule has 1 fully saturated rings. The van der Waals surface area contributed by atoms with Gasteiger partial charge in [0.25, 0.3) is 0 Å². The highest BCUT2D eigenvalue weighted by Crippen LogP contribution is 2.27. The first-order valence-corrected chi connectivity index (χ1v) is 7.17. The first kappa shape index (κ1) is 13.1. The highest BCUT2D eigenvalue weighted by atomic mass is 79.9. The second kappa shape index (κ2) is 5.91. The molecule has 0 spiro atoms. The molecular formula is C11H15Br2NO. The van der Waals surface area contributed by atoms with Crippen LogP contribution < -0.4 is 5.32 Å². The van der Waals surface area contributed by atoms with E-state index >= 15 is 0 Å². The molecule has 15 heavy (non-hydrogen) atoms. The van der Waals surface area contributed by atoms with E-state index in [1.165, 1.54) is 6.42 Å². The van der Waals surface area contributed by atoms with Gasteiger partial charge in [-0.2, -0.15) is 0 Å². The molecule has 1 unspecified atom stereocenters. The number of amides is 1. The fourth-order valence-electron chi connectivity index (χ4n) is 1.84. The van der Waals surface area contributed by atoms with Crippen LogP contribution in [0.3, 0.4) is 0 Å². The van der Waals surface area contributed by atoms with Crippen LogP contribution in [0.2, 0.25) is 0 Å². The number of alkyl halides is 2. The van der Waals surface area contributed by atoms with Crippen LogP contribution in [0.1, 0.15) is 32.1 Å². The van der Waals surface area contributed by atoms with Crippen molar-refractivity contribution >= 4 is 37.8 Å². The monoisotopic (exact) mass is 335 g/mol. The standard InChI is InChI=1S/C11H15Br2NO/c1-2-11(6-4-3-5-7-11)14-10(15)9(13)8-12/h1,9H,3-8H2,(H,14,15). The molecule has 1 aliphatic rings. The molecule has 84 valence electrons. The molecule has 0 aromatic carbocycles. The first-order valence-electron chi connectivity index (χ1n) is 5.13. The molecule has 1 aliphatic carbocycles. The molecule has 0 heterocycles. The molecule has 2 nitrogen and oxygen atoms in total. The van der Waals surface area contributed by atoms with Gasteiger partial charge in [-0.05, 0) is 12.8 Å². The lowest BCUT2D eigenvalue weighted by Gasteiger charge is -2.33. The maximum atomic E-state index is 11.7. The topological polar surface area (TPSA) is 29.1 Å². The SMILES string of the molecule is C#CC1(NC(=O)C(Br)CBr)CCCCC1. The second-order valence-electron chi connectivity index (χ2n) is 3.90. The highest BCUT2D eigenvalue weighted by Gasteiger charge is 2.32. The summed E-state index contributed by atoms with van der Waals surface area (Å²) in [5.41, 5.74) is -0.399. The van der Waals surface area contributed by atoms with Gasteiger partial charge in [0.05, 0.1) is 0 Å². The Kier molecular flexibility index (Phi) is 5.14. The van der Waals surface area contributed by atoms with E-state index in [-0.39, 0.29) is 10.7 Å². The fourth-order valence-corrected chi connectivity index (χ4v) is 2.25. The lowest BCUT2D eigenvalue weighted by atomic mass is 9.82. The van der Waals surface area contributed by atoms with E-state index in [0.717, 1.165) is 25.7 Å². The van der Waals surface area contributed by atoms with Crippen LogP contribution >= 0.6 is 31.9 Å². The van der Waals surface area contributed by atoms with Crippen LogP contribution in [0.15, 0.2) is 0 Å². The molecule has 1 saturated carbocycles. The molecular weight excluding hydrogens is 322 g/mol. The van der Waals surface area contributed by atoms with Gasteiger partial charge >= 0.3 is 0 Å². The minimum Gasteiger partial charge on any atom is -0.339 e. The van der Waals surface area contributed by atoms with Crippen LogP contribution in [-0.2, 0) is 4.79 Å². The minimum absolute atomic E-state index is 0.0216. The van der Waals surface area contributed by atoms with Gasteiger partial charge in [0, 0.05) is 5.33 Å².